The van der Waals surface area contributed by atoms with E-state index >= 15 is 0 Å². The van der Waals surface area contributed by atoms with E-state index in [2.05, 4.69) is 27.7 Å². The molecule has 25 heavy (non-hydrogen) atoms. The molecule has 2 unspecified atom stereocenters. The van der Waals surface area contributed by atoms with Crippen LogP contribution in [0.5, 0.6) is 0 Å². The Morgan fingerprint density at radius 1 is 1.20 bits per heavy atom. The van der Waals surface area contributed by atoms with E-state index in [0.717, 1.165) is 23.7 Å². The average Bonchev–Trinajstić information content (AvgIpc) is 2.60. The molecule has 2 heterocycles. The van der Waals surface area contributed by atoms with Crippen molar-refractivity contribution in [3.05, 3.63) is 24.3 Å². The van der Waals surface area contributed by atoms with Crippen LogP contribution in [0.2, 0.25) is 0 Å². The second-order valence-corrected chi connectivity index (χ2v) is 9.98. The highest BCUT2D eigenvalue weighted by molar-refractivity contribution is 8.00. The quantitative estimate of drug-likeness (QED) is 0.805. The molecule has 0 saturated carbocycles. The van der Waals surface area contributed by atoms with Gasteiger partial charge in [0, 0.05) is 29.2 Å². The van der Waals surface area contributed by atoms with Crippen molar-refractivity contribution < 1.29 is 9.59 Å². The van der Waals surface area contributed by atoms with Gasteiger partial charge in [0.25, 0.3) is 0 Å². The van der Waals surface area contributed by atoms with E-state index in [4.69, 9.17) is 0 Å². The summed E-state index contributed by atoms with van der Waals surface area (Å²) in [4.78, 5) is 30.5. The number of anilines is 1. The molecule has 136 valence electrons. The van der Waals surface area contributed by atoms with Crippen molar-refractivity contribution in [2.24, 2.45) is 11.8 Å². The fourth-order valence-corrected chi connectivity index (χ4v) is 5.19. The second kappa shape index (κ2) is 7.02. The lowest BCUT2D eigenvalue weighted by molar-refractivity contribution is -0.133. The van der Waals surface area contributed by atoms with Crippen LogP contribution in [0.3, 0.4) is 0 Å². The van der Waals surface area contributed by atoms with Gasteiger partial charge in [-0.2, -0.15) is 0 Å². The van der Waals surface area contributed by atoms with Crippen molar-refractivity contribution in [2.75, 3.05) is 24.5 Å². The number of likely N-dealkylation sites (tertiary alicyclic amines) is 1. The maximum atomic E-state index is 12.9. The SMILES string of the molecule is CC1CC(C)CN(C(=O)CN2C(=O)CC(C)(C)Sc3ccccc32)C1. The van der Waals surface area contributed by atoms with Gasteiger partial charge in [0.1, 0.15) is 6.54 Å². The Morgan fingerprint density at radius 2 is 1.84 bits per heavy atom. The third kappa shape index (κ3) is 4.20. The van der Waals surface area contributed by atoms with Gasteiger partial charge in [-0.1, -0.05) is 26.0 Å². The lowest BCUT2D eigenvalue weighted by Gasteiger charge is -2.36. The second-order valence-electron chi connectivity index (χ2n) is 8.23. The van der Waals surface area contributed by atoms with E-state index in [1.54, 1.807) is 16.7 Å². The molecule has 0 aromatic heterocycles. The minimum absolute atomic E-state index is 0.0360. The predicted molar refractivity (Wildman–Crippen MR) is 103 cm³/mol. The number of carbonyl (C=O) groups is 2. The number of benzene rings is 1. The van der Waals surface area contributed by atoms with Crippen LogP contribution in [-0.4, -0.2) is 41.1 Å². The van der Waals surface area contributed by atoms with Gasteiger partial charge in [0.05, 0.1) is 5.69 Å². The van der Waals surface area contributed by atoms with Gasteiger partial charge in [-0.05, 0) is 44.2 Å². The van der Waals surface area contributed by atoms with Gasteiger partial charge >= 0.3 is 0 Å². The summed E-state index contributed by atoms with van der Waals surface area (Å²) in [7, 11) is 0. The molecule has 3 rings (SSSR count). The summed E-state index contributed by atoms with van der Waals surface area (Å²) in [6.45, 7) is 10.3. The normalized spacial score (nSPS) is 26.2. The minimum atomic E-state index is -0.168. The first-order valence-corrected chi connectivity index (χ1v) is 9.93. The number of hydrogen-bond donors (Lipinski definition) is 0. The smallest absolute Gasteiger partial charge is 0.242 e. The van der Waals surface area contributed by atoms with Crippen LogP contribution in [0.4, 0.5) is 5.69 Å². The molecular formula is C20H28N2O2S. The first-order valence-electron chi connectivity index (χ1n) is 9.11. The summed E-state index contributed by atoms with van der Waals surface area (Å²) >= 11 is 1.72. The number of piperidine rings is 1. The van der Waals surface area contributed by atoms with Crippen LogP contribution in [-0.2, 0) is 9.59 Å². The molecular weight excluding hydrogens is 332 g/mol. The number of para-hydroxylation sites is 1. The van der Waals surface area contributed by atoms with Crippen LogP contribution in [0.25, 0.3) is 0 Å². The maximum absolute atomic E-state index is 12.9. The monoisotopic (exact) mass is 360 g/mol. The number of rotatable bonds is 2. The minimum Gasteiger partial charge on any atom is -0.341 e. The lowest BCUT2D eigenvalue weighted by atomic mass is 9.92. The van der Waals surface area contributed by atoms with E-state index in [1.165, 1.54) is 6.42 Å². The Morgan fingerprint density at radius 3 is 2.52 bits per heavy atom. The first kappa shape index (κ1) is 18.3. The highest BCUT2D eigenvalue weighted by atomic mass is 32.2. The molecule has 2 aliphatic rings. The Hall–Kier alpha value is -1.49. The van der Waals surface area contributed by atoms with Crippen molar-refractivity contribution in [3.8, 4) is 0 Å². The molecule has 0 bridgehead atoms. The van der Waals surface area contributed by atoms with E-state index in [9.17, 15) is 9.59 Å². The topological polar surface area (TPSA) is 40.6 Å². The standard InChI is InChI=1S/C20H28N2O2S/c1-14-9-15(2)12-21(11-14)19(24)13-22-16-7-5-6-8-17(16)25-20(3,4)10-18(22)23/h5-8,14-15H,9-13H2,1-4H3. The molecule has 2 aliphatic heterocycles. The largest absolute Gasteiger partial charge is 0.341 e. The molecule has 0 radical (unpaired) electrons. The molecule has 0 spiro atoms. The fourth-order valence-electron chi connectivity index (χ4n) is 3.97. The fraction of sp³-hybridized carbons (Fsp3) is 0.600. The van der Waals surface area contributed by atoms with Gasteiger partial charge in [0.2, 0.25) is 11.8 Å². The lowest BCUT2D eigenvalue weighted by Crippen LogP contribution is -2.48. The molecule has 4 nitrogen and oxygen atoms in total. The third-order valence-corrected chi connectivity index (χ3v) is 6.20. The number of nitrogens with zero attached hydrogens (tertiary/aromatic N) is 2. The van der Waals surface area contributed by atoms with Gasteiger partial charge in [-0.3, -0.25) is 9.59 Å². The summed E-state index contributed by atoms with van der Waals surface area (Å²) in [5, 5.41) is 0. The van der Waals surface area contributed by atoms with E-state index < -0.39 is 0 Å². The van der Waals surface area contributed by atoms with Crippen LogP contribution < -0.4 is 4.90 Å². The van der Waals surface area contributed by atoms with Gasteiger partial charge in [0.15, 0.2) is 0 Å². The molecule has 1 aromatic rings. The van der Waals surface area contributed by atoms with Gasteiger partial charge < -0.3 is 9.80 Å². The molecule has 1 aromatic carbocycles. The van der Waals surface area contributed by atoms with Crippen molar-refractivity contribution >= 4 is 29.3 Å². The van der Waals surface area contributed by atoms with Crippen LogP contribution in [0.1, 0.15) is 40.5 Å². The summed E-state index contributed by atoms with van der Waals surface area (Å²) in [5.41, 5.74) is 0.870. The molecule has 2 amide bonds. The Kier molecular flexibility index (Phi) is 5.14. The Labute approximate surface area is 154 Å². The van der Waals surface area contributed by atoms with E-state index in [1.807, 2.05) is 29.2 Å². The van der Waals surface area contributed by atoms with E-state index in [-0.39, 0.29) is 23.1 Å². The third-order valence-electron chi connectivity index (χ3n) is 4.94. The zero-order chi connectivity index (χ0) is 18.2. The highest BCUT2D eigenvalue weighted by Gasteiger charge is 2.35. The molecule has 5 heteroatoms. The molecule has 1 fully saturated rings. The zero-order valence-corrected chi connectivity index (χ0v) is 16.4. The van der Waals surface area contributed by atoms with Crippen LogP contribution in [0.15, 0.2) is 29.2 Å². The molecule has 0 N–H and O–H groups in total. The van der Waals surface area contributed by atoms with Crippen molar-refractivity contribution in [3.63, 3.8) is 0 Å². The average molecular weight is 361 g/mol. The van der Waals surface area contributed by atoms with E-state index in [0.29, 0.717) is 18.3 Å². The van der Waals surface area contributed by atoms with Crippen molar-refractivity contribution in [1.29, 1.82) is 0 Å². The molecule has 0 aliphatic carbocycles. The number of thioether (sulfide) groups is 1. The first-order chi connectivity index (χ1) is 11.7. The summed E-state index contributed by atoms with van der Waals surface area (Å²) in [6, 6.07) is 7.93. The van der Waals surface area contributed by atoms with Crippen molar-refractivity contribution in [2.45, 2.75) is 50.2 Å². The summed E-state index contributed by atoms with van der Waals surface area (Å²) in [6.07, 6.45) is 1.60. The number of fused-ring (bicyclic) bond motifs is 1. The highest BCUT2D eigenvalue weighted by Crippen LogP contribution is 2.43. The van der Waals surface area contributed by atoms with Gasteiger partial charge in [-0.25, -0.2) is 0 Å². The molecule has 2 atom stereocenters. The molecule has 1 saturated heterocycles. The predicted octanol–water partition coefficient (Wildman–Crippen LogP) is 3.80. The van der Waals surface area contributed by atoms with Crippen LogP contribution >= 0.6 is 11.8 Å². The van der Waals surface area contributed by atoms with Gasteiger partial charge in [-0.15, -0.1) is 11.8 Å². The zero-order valence-electron chi connectivity index (χ0n) is 15.6. The summed E-state index contributed by atoms with van der Waals surface area (Å²) < 4.78 is -0.168. The number of hydrogen-bond acceptors (Lipinski definition) is 3. The Balaban J connectivity index is 1.83. The van der Waals surface area contributed by atoms with Crippen LogP contribution in [0, 0.1) is 11.8 Å². The number of carbonyl (C=O) groups excluding carboxylic acids is 2. The number of amides is 2. The van der Waals surface area contributed by atoms with Crippen molar-refractivity contribution in [1.82, 2.24) is 4.90 Å². The maximum Gasteiger partial charge on any atom is 0.242 e. The summed E-state index contributed by atoms with van der Waals surface area (Å²) in [5.74, 6) is 1.14. The Bertz CT molecular complexity index is 663.